The van der Waals surface area contributed by atoms with Gasteiger partial charge in [-0.2, -0.15) is 0 Å². The fraction of sp³-hybridized carbons (Fsp3) is 0.333. The number of esters is 1. The molecule has 2 saturated heterocycles. The molecule has 0 spiro atoms. The minimum absolute atomic E-state index is 0.0240. The van der Waals surface area contributed by atoms with Gasteiger partial charge in [-0.05, 0) is 54.1 Å². The van der Waals surface area contributed by atoms with E-state index in [1.54, 1.807) is 12.1 Å². The minimum Gasteiger partial charge on any atom is -0.508 e. The predicted molar refractivity (Wildman–Crippen MR) is 179 cm³/mol. The van der Waals surface area contributed by atoms with Gasteiger partial charge in [-0.25, -0.2) is 4.79 Å². The van der Waals surface area contributed by atoms with E-state index in [1.165, 1.54) is 48.5 Å². The fourth-order valence-electron chi connectivity index (χ4n) is 5.69. The van der Waals surface area contributed by atoms with Gasteiger partial charge in [0, 0.05) is 23.8 Å². The maximum atomic E-state index is 12.7. The Bertz CT molecular complexity index is 1920. The second-order valence-corrected chi connectivity index (χ2v) is 12.3. The van der Waals surface area contributed by atoms with Crippen LogP contribution in [0.5, 0.6) is 23.0 Å². The van der Waals surface area contributed by atoms with Crippen LogP contribution in [0.2, 0.25) is 0 Å². The first-order valence-electron chi connectivity index (χ1n) is 16.2. The summed E-state index contributed by atoms with van der Waals surface area (Å²) in [4.78, 5) is 25.2. The summed E-state index contributed by atoms with van der Waals surface area (Å²) < 4.78 is 34.3. The average Bonchev–Trinajstić information content (AvgIpc) is 3.14. The first-order chi connectivity index (χ1) is 25.3. The molecule has 0 amide bonds. The van der Waals surface area contributed by atoms with E-state index in [9.17, 15) is 55.5 Å². The molecule has 2 aromatic rings. The highest BCUT2D eigenvalue weighted by atomic mass is 16.7. The first kappa shape index (κ1) is 37.7. The molecule has 10 atom stereocenters. The van der Waals surface area contributed by atoms with E-state index in [4.69, 9.17) is 28.1 Å². The summed E-state index contributed by atoms with van der Waals surface area (Å²) in [5, 5.41) is 92.2. The Morgan fingerprint density at radius 1 is 0.698 bits per heavy atom. The van der Waals surface area contributed by atoms with Crippen molar-refractivity contribution in [2.24, 2.45) is 0 Å². The molecule has 17 heteroatoms. The highest BCUT2D eigenvalue weighted by Crippen LogP contribution is 2.43. The summed E-state index contributed by atoms with van der Waals surface area (Å²) in [5.41, 5.74) is 0.281. The maximum absolute atomic E-state index is 12.7. The number of hydrogen-bond donors (Lipinski definition) is 9. The molecule has 0 saturated carbocycles. The number of aliphatic hydroxyl groups excluding tert-OH is 7. The van der Waals surface area contributed by atoms with E-state index in [0.717, 1.165) is 18.2 Å². The Hall–Kier alpha value is -5.08. The van der Waals surface area contributed by atoms with Crippen molar-refractivity contribution in [1.29, 1.82) is 0 Å². The van der Waals surface area contributed by atoms with Crippen LogP contribution in [0.4, 0.5) is 0 Å². The second-order valence-electron chi connectivity index (χ2n) is 12.3. The van der Waals surface area contributed by atoms with Gasteiger partial charge in [-0.1, -0.05) is 12.1 Å². The molecule has 2 fully saturated rings. The molecule has 3 heterocycles. The Morgan fingerprint density at radius 2 is 1.26 bits per heavy atom. The summed E-state index contributed by atoms with van der Waals surface area (Å²) in [6.45, 7) is -1.32. The van der Waals surface area contributed by atoms with E-state index in [-0.39, 0.29) is 40.1 Å². The Kier molecular flexibility index (Phi) is 11.3. The SMILES string of the molecule is O=C(C=Cc1ccc(O)cc1)OCC1O[C@@H](Oc2cc3c(O[C@@H]4OC(CO)[C@@H](O)[C@H](O)C4O)cc(=O)cc-3oc2-c2ccc(O)cc2)C(O)C(O)[C@@H]1O. The van der Waals surface area contributed by atoms with Gasteiger partial charge in [0.1, 0.15) is 78.4 Å². The molecule has 6 rings (SSSR count). The second kappa shape index (κ2) is 15.9. The number of carbonyl (C=O) groups excluding carboxylic acids is 1. The zero-order valence-corrected chi connectivity index (χ0v) is 27.5. The third-order valence-corrected chi connectivity index (χ3v) is 8.62. The summed E-state index contributed by atoms with van der Waals surface area (Å²) >= 11 is 0. The molecule has 0 aromatic heterocycles. The molecule has 17 nitrogen and oxygen atoms in total. The fourth-order valence-corrected chi connectivity index (χ4v) is 5.69. The molecular weight excluding hydrogens is 704 g/mol. The normalized spacial score (nSPS) is 28.9. The van der Waals surface area contributed by atoms with Crippen LogP contribution in [0.25, 0.3) is 28.7 Å². The Morgan fingerprint density at radius 3 is 1.89 bits per heavy atom. The number of carbonyl (C=O) groups is 1. The van der Waals surface area contributed by atoms with Gasteiger partial charge in [-0.3, -0.25) is 4.79 Å². The number of phenols is 2. The first-order valence-corrected chi connectivity index (χ1v) is 16.2. The molecule has 9 N–H and O–H groups in total. The number of ether oxygens (including phenoxy) is 5. The van der Waals surface area contributed by atoms with Crippen LogP contribution in [0.3, 0.4) is 0 Å². The van der Waals surface area contributed by atoms with Crippen LogP contribution in [0, 0.1) is 0 Å². The van der Waals surface area contributed by atoms with Crippen LogP contribution in [-0.4, -0.2) is 127 Å². The molecule has 4 aliphatic rings. The molecule has 5 unspecified atom stereocenters. The van der Waals surface area contributed by atoms with Crippen LogP contribution < -0.4 is 14.9 Å². The van der Waals surface area contributed by atoms with Gasteiger partial charge in [-0.15, -0.1) is 0 Å². The van der Waals surface area contributed by atoms with Gasteiger partial charge >= 0.3 is 5.97 Å². The number of rotatable bonds is 10. The lowest BCUT2D eigenvalue weighted by molar-refractivity contribution is -0.278. The van der Waals surface area contributed by atoms with Crippen molar-refractivity contribution in [2.45, 2.75) is 61.4 Å². The lowest BCUT2D eigenvalue weighted by atomic mass is 9.99. The number of benzene rings is 3. The molecule has 0 radical (unpaired) electrons. The smallest absolute Gasteiger partial charge is 0.330 e. The number of phenolic OH excluding ortho intramolecular Hbond substituents is 2. The average molecular weight is 741 g/mol. The predicted octanol–water partition coefficient (Wildman–Crippen LogP) is -0.556. The molecule has 0 bridgehead atoms. The molecule has 53 heavy (non-hydrogen) atoms. The summed E-state index contributed by atoms with van der Waals surface area (Å²) in [5.74, 6) is -1.49. The van der Waals surface area contributed by atoms with E-state index in [1.807, 2.05) is 0 Å². The van der Waals surface area contributed by atoms with Crippen molar-refractivity contribution in [3.05, 3.63) is 88.6 Å². The van der Waals surface area contributed by atoms with Gasteiger partial charge in [0.15, 0.2) is 16.9 Å². The quantitative estimate of drug-likeness (QED) is 0.0728. The lowest BCUT2D eigenvalue weighted by Gasteiger charge is -2.40. The van der Waals surface area contributed by atoms with Crippen molar-refractivity contribution in [1.82, 2.24) is 0 Å². The Labute approximate surface area is 299 Å². The maximum Gasteiger partial charge on any atom is 0.330 e. The van der Waals surface area contributed by atoms with Crippen molar-refractivity contribution in [2.75, 3.05) is 13.2 Å². The topological polar surface area (TPSA) is 275 Å². The van der Waals surface area contributed by atoms with Crippen molar-refractivity contribution in [3.8, 4) is 45.6 Å². The van der Waals surface area contributed by atoms with Gasteiger partial charge in [0.05, 0.1) is 12.2 Å². The van der Waals surface area contributed by atoms with Crippen molar-refractivity contribution in [3.63, 3.8) is 0 Å². The number of aromatic hydroxyl groups is 2. The molecular formula is C36H36O17. The largest absolute Gasteiger partial charge is 0.508 e. The summed E-state index contributed by atoms with van der Waals surface area (Å²) in [6.07, 6.45) is -14.4. The Balaban J connectivity index is 1.30. The monoisotopic (exact) mass is 740 g/mol. The van der Waals surface area contributed by atoms with Crippen LogP contribution in [0.1, 0.15) is 5.56 Å². The standard InChI is InChI=1S/C36H36O17/c37-14-25-28(42)30(44)32(46)35(52-25)50-23-12-20(40)11-22-21(23)13-24(34(49-22)17-4-8-19(39)9-5-17)51-36-33(47)31(45)29(43)26(53-36)15-48-27(41)10-3-16-1-6-18(38)7-2-16/h1-13,25-26,28-33,35-39,42-47H,14-15H2/t25?,26?,28-,29-,30+,31?,32?,33?,35-,36-/m1/s1. The zero-order chi connectivity index (χ0) is 38.0. The third-order valence-electron chi connectivity index (χ3n) is 8.62. The zero-order valence-electron chi connectivity index (χ0n) is 27.5. The van der Waals surface area contributed by atoms with Gasteiger partial charge < -0.3 is 74.1 Å². The number of aliphatic hydroxyl groups is 7. The van der Waals surface area contributed by atoms with Crippen LogP contribution in [-0.2, 0) is 19.0 Å². The van der Waals surface area contributed by atoms with Crippen molar-refractivity contribution >= 4 is 12.0 Å². The highest BCUT2D eigenvalue weighted by Gasteiger charge is 2.47. The minimum atomic E-state index is -1.87. The summed E-state index contributed by atoms with van der Waals surface area (Å²) in [7, 11) is 0. The highest BCUT2D eigenvalue weighted by molar-refractivity contribution is 5.87. The number of fused-ring (bicyclic) bond motifs is 1. The third kappa shape index (κ3) is 8.28. The van der Waals surface area contributed by atoms with E-state index in [2.05, 4.69) is 0 Å². The molecule has 1 aliphatic carbocycles. The van der Waals surface area contributed by atoms with Gasteiger partial charge in [0.25, 0.3) is 0 Å². The van der Waals surface area contributed by atoms with Crippen LogP contribution >= 0.6 is 0 Å². The lowest BCUT2D eigenvalue weighted by Crippen LogP contribution is -2.60. The summed E-state index contributed by atoms with van der Waals surface area (Å²) in [6, 6.07) is 15.0. The number of hydrogen-bond acceptors (Lipinski definition) is 17. The molecule has 2 aromatic carbocycles. The molecule has 3 aliphatic heterocycles. The van der Waals surface area contributed by atoms with Crippen LogP contribution in [0.15, 0.2) is 82.0 Å². The van der Waals surface area contributed by atoms with E-state index in [0.29, 0.717) is 11.1 Å². The van der Waals surface area contributed by atoms with E-state index < -0.39 is 86.0 Å². The van der Waals surface area contributed by atoms with Crippen molar-refractivity contribution < 1.29 is 78.9 Å². The van der Waals surface area contributed by atoms with Gasteiger partial charge in [0.2, 0.25) is 12.6 Å². The molecule has 282 valence electrons. The van der Waals surface area contributed by atoms with E-state index >= 15 is 0 Å².